The molecule has 2 rings (SSSR count). The molecule has 18 heavy (non-hydrogen) atoms. The van der Waals surface area contributed by atoms with Gasteiger partial charge in [0, 0.05) is 18.7 Å². The molecule has 0 aliphatic heterocycles. The van der Waals surface area contributed by atoms with Crippen molar-refractivity contribution < 1.29 is 14.7 Å². The fourth-order valence-electron chi connectivity index (χ4n) is 2.27. The predicted octanol–water partition coefficient (Wildman–Crippen LogP) is 1.27. The summed E-state index contributed by atoms with van der Waals surface area (Å²) in [6.45, 7) is 2.30. The minimum Gasteiger partial charge on any atom is -0.476 e. The van der Waals surface area contributed by atoms with E-state index in [1.165, 1.54) is 10.7 Å². The Morgan fingerprint density at radius 2 is 2.17 bits per heavy atom. The molecule has 1 heterocycles. The zero-order valence-electron chi connectivity index (χ0n) is 10.3. The molecule has 0 saturated heterocycles. The third kappa shape index (κ3) is 2.52. The summed E-state index contributed by atoms with van der Waals surface area (Å²) < 4.78 is 1.42. The molecule has 1 fully saturated rings. The van der Waals surface area contributed by atoms with Crippen LogP contribution in [0.2, 0.25) is 0 Å². The van der Waals surface area contributed by atoms with E-state index in [4.69, 9.17) is 5.11 Å². The van der Waals surface area contributed by atoms with Gasteiger partial charge in [0.1, 0.15) is 5.69 Å². The van der Waals surface area contributed by atoms with Gasteiger partial charge in [0.25, 0.3) is 5.91 Å². The van der Waals surface area contributed by atoms with Crippen molar-refractivity contribution in [2.75, 3.05) is 0 Å². The van der Waals surface area contributed by atoms with Gasteiger partial charge < -0.3 is 10.4 Å². The van der Waals surface area contributed by atoms with E-state index >= 15 is 0 Å². The van der Waals surface area contributed by atoms with Crippen LogP contribution >= 0.6 is 0 Å². The highest BCUT2D eigenvalue weighted by molar-refractivity contribution is 5.95. The molecule has 1 aliphatic rings. The molecule has 0 bridgehead atoms. The van der Waals surface area contributed by atoms with E-state index in [-0.39, 0.29) is 17.6 Å². The summed E-state index contributed by atoms with van der Waals surface area (Å²) in [4.78, 5) is 22.9. The monoisotopic (exact) mass is 251 g/mol. The molecule has 6 nitrogen and oxygen atoms in total. The Labute approximate surface area is 105 Å². The maximum absolute atomic E-state index is 12.1. The molecule has 6 heteroatoms. The van der Waals surface area contributed by atoms with Gasteiger partial charge in [0.2, 0.25) is 0 Å². The Morgan fingerprint density at radius 3 is 2.72 bits per heavy atom. The highest BCUT2D eigenvalue weighted by Gasteiger charge is 2.22. The second kappa shape index (κ2) is 5.20. The lowest BCUT2D eigenvalue weighted by molar-refractivity contribution is 0.0689. The van der Waals surface area contributed by atoms with Crippen LogP contribution in [0, 0.1) is 0 Å². The quantitative estimate of drug-likeness (QED) is 0.844. The third-order valence-electron chi connectivity index (χ3n) is 3.22. The fourth-order valence-corrected chi connectivity index (χ4v) is 2.27. The zero-order valence-corrected chi connectivity index (χ0v) is 10.3. The molecular formula is C12H17N3O3. The standard InChI is InChI=1S/C12H17N3O3/c1-2-15-10(7-9(14-15)12(17)18)11(16)13-8-5-3-4-6-8/h7-8H,2-6H2,1H3,(H,13,16)(H,17,18). The van der Waals surface area contributed by atoms with Gasteiger partial charge in [-0.1, -0.05) is 12.8 Å². The Morgan fingerprint density at radius 1 is 1.50 bits per heavy atom. The number of carboxylic acids is 1. The molecule has 0 aromatic carbocycles. The zero-order chi connectivity index (χ0) is 13.1. The number of carbonyl (C=O) groups excluding carboxylic acids is 1. The first kappa shape index (κ1) is 12.6. The van der Waals surface area contributed by atoms with Crippen molar-refractivity contribution in [2.24, 2.45) is 0 Å². The van der Waals surface area contributed by atoms with Gasteiger partial charge in [-0.3, -0.25) is 9.48 Å². The molecule has 1 aromatic heterocycles. The normalized spacial score (nSPS) is 15.8. The number of nitrogens with one attached hydrogen (secondary N) is 1. The Kier molecular flexibility index (Phi) is 3.64. The van der Waals surface area contributed by atoms with Gasteiger partial charge in [-0.2, -0.15) is 5.10 Å². The summed E-state index contributed by atoms with van der Waals surface area (Å²) in [6, 6.07) is 1.54. The lowest BCUT2D eigenvalue weighted by Gasteiger charge is -2.12. The summed E-state index contributed by atoms with van der Waals surface area (Å²) in [5, 5.41) is 15.7. The maximum Gasteiger partial charge on any atom is 0.356 e. The number of aromatic carboxylic acids is 1. The number of carbonyl (C=O) groups is 2. The number of carboxylic acid groups (broad SMARTS) is 1. The van der Waals surface area contributed by atoms with Crippen LogP contribution < -0.4 is 5.32 Å². The first-order valence-electron chi connectivity index (χ1n) is 6.23. The highest BCUT2D eigenvalue weighted by Crippen LogP contribution is 2.18. The molecule has 1 saturated carbocycles. The molecule has 0 radical (unpaired) electrons. The van der Waals surface area contributed by atoms with E-state index < -0.39 is 5.97 Å². The van der Waals surface area contributed by atoms with Crippen molar-refractivity contribution in [3.05, 3.63) is 17.5 Å². The number of aromatic nitrogens is 2. The van der Waals surface area contributed by atoms with Gasteiger partial charge in [-0.05, 0) is 19.8 Å². The first-order valence-corrected chi connectivity index (χ1v) is 6.23. The summed E-state index contributed by atoms with van der Waals surface area (Å²) in [5.41, 5.74) is 0.232. The van der Waals surface area contributed by atoms with Crippen LogP contribution in [0.5, 0.6) is 0 Å². The molecular weight excluding hydrogens is 234 g/mol. The van der Waals surface area contributed by atoms with Crippen molar-refractivity contribution >= 4 is 11.9 Å². The molecule has 0 unspecified atom stereocenters. The first-order chi connectivity index (χ1) is 8.61. The molecule has 1 aliphatic carbocycles. The van der Waals surface area contributed by atoms with Gasteiger partial charge in [-0.15, -0.1) is 0 Å². The van der Waals surface area contributed by atoms with Crippen LogP contribution in [0.3, 0.4) is 0 Å². The van der Waals surface area contributed by atoms with E-state index in [0.717, 1.165) is 25.7 Å². The average Bonchev–Trinajstić information content (AvgIpc) is 2.96. The average molecular weight is 251 g/mol. The number of hydrogen-bond acceptors (Lipinski definition) is 3. The van der Waals surface area contributed by atoms with Crippen LogP contribution in [-0.2, 0) is 6.54 Å². The number of aryl methyl sites for hydroxylation is 1. The molecule has 0 spiro atoms. The van der Waals surface area contributed by atoms with Crippen LogP contribution in [0.4, 0.5) is 0 Å². The summed E-state index contributed by atoms with van der Waals surface area (Å²) >= 11 is 0. The van der Waals surface area contributed by atoms with E-state index in [1.54, 1.807) is 0 Å². The van der Waals surface area contributed by atoms with Gasteiger partial charge in [0.05, 0.1) is 0 Å². The van der Waals surface area contributed by atoms with Crippen LogP contribution in [0.1, 0.15) is 53.6 Å². The number of nitrogens with zero attached hydrogens (tertiary/aromatic N) is 2. The second-order valence-corrected chi connectivity index (χ2v) is 4.49. The van der Waals surface area contributed by atoms with Crippen LogP contribution in [0.15, 0.2) is 6.07 Å². The van der Waals surface area contributed by atoms with E-state index in [9.17, 15) is 9.59 Å². The van der Waals surface area contributed by atoms with Crippen molar-refractivity contribution in [3.8, 4) is 0 Å². The third-order valence-corrected chi connectivity index (χ3v) is 3.22. The predicted molar refractivity (Wildman–Crippen MR) is 64.6 cm³/mol. The van der Waals surface area contributed by atoms with E-state index in [1.807, 2.05) is 6.92 Å². The molecule has 1 amide bonds. The molecule has 2 N–H and O–H groups in total. The van der Waals surface area contributed by atoms with E-state index in [2.05, 4.69) is 10.4 Å². The topological polar surface area (TPSA) is 84.2 Å². The van der Waals surface area contributed by atoms with Crippen LogP contribution in [-0.4, -0.2) is 32.8 Å². The van der Waals surface area contributed by atoms with Gasteiger partial charge in [0.15, 0.2) is 5.69 Å². The lowest BCUT2D eigenvalue weighted by atomic mass is 10.2. The molecule has 1 aromatic rings. The van der Waals surface area contributed by atoms with E-state index in [0.29, 0.717) is 12.2 Å². The minimum absolute atomic E-state index is 0.0894. The number of amides is 1. The van der Waals surface area contributed by atoms with Crippen molar-refractivity contribution in [1.29, 1.82) is 0 Å². The summed E-state index contributed by atoms with van der Waals surface area (Å²) in [6.07, 6.45) is 4.27. The lowest BCUT2D eigenvalue weighted by Crippen LogP contribution is -2.34. The van der Waals surface area contributed by atoms with Gasteiger partial charge in [-0.25, -0.2) is 4.79 Å². The van der Waals surface area contributed by atoms with Crippen molar-refractivity contribution in [3.63, 3.8) is 0 Å². The molecule has 98 valence electrons. The smallest absolute Gasteiger partial charge is 0.356 e. The van der Waals surface area contributed by atoms with Crippen LogP contribution in [0.25, 0.3) is 0 Å². The summed E-state index contributed by atoms with van der Waals surface area (Å²) in [7, 11) is 0. The van der Waals surface area contributed by atoms with Gasteiger partial charge >= 0.3 is 5.97 Å². The Balaban J connectivity index is 2.15. The fraction of sp³-hybridized carbons (Fsp3) is 0.583. The minimum atomic E-state index is -1.11. The number of hydrogen-bond donors (Lipinski definition) is 2. The van der Waals surface area contributed by atoms with Crippen molar-refractivity contribution in [2.45, 2.75) is 45.2 Å². The summed E-state index contributed by atoms with van der Waals surface area (Å²) in [5.74, 6) is -1.35. The SMILES string of the molecule is CCn1nc(C(=O)O)cc1C(=O)NC1CCCC1. The Hall–Kier alpha value is -1.85. The maximum atomic E-state index is 12.1. The Bertz CT molecular complexity index is 461. The number of rotatable bonds is 4. The largest absolute Gasteiger partial charge is 0.476 e. The molecule has 0 atom stereocenters. The van der Waals surface area contributed by atoms with Crippen molar-refractivity contribution in [1.82, 2.24) is 15.1 Å². The second-order valence-electron chi connectivity index (χ2n) is 4.49. The highest BCUT2D eigenvalue weighted by atomic mass is 16.4.